The Kier molecular flexibility index (Phi) is 3.46. The quantitative estimate of drug-likeness (QED) is 0.882. The van der Waals surface area contributed by atoms with Gasteiger partial charge >= 0.3 is 0 Å². The molecule has 1 heterocycles. The van der Waals surface area contributed by atoms with Gasteiger partial charge in [0.1, 0.15) is 0 Å². The van der Waals surface area contributed by atoms with Gasteiger partial charge in [-0.15, -0.1) is 11.3 Å². The molecule has 2 aliphatic carbocycles. The van der Waals surface area contributed by atoms with Gasteiger partial charge in [0.15, 0.2) is 0 Å². The number of rotatable bonds is 5. The topological polar surface area (TPSA) is 24.9 Å². The number of hydrogen-bond acceptors (Lipinski definition) is 3. The summed E-state index contributed by atoms with van der Waals surface area (Å²) in [4.78, 5) is 6.10. The summed E-state index contributed by atoms with van der Waals surface area (Å²) in [6.45, 7) is 7.62. The van der Waals surface area contributed by atoms with Gasteiger partial charge in [0.05, 0.1) is 10.7 Å². The third-order valence-electron chi connectivity index (χ3n) is 4.78. The summed E-state index contributed by atoms with van der Waals surface area (Å²) in [5.74, 6) is 3.06. The second kappa shape index (κ2) is 4.93. The Balaban J connectivity index is 1.65. The van der Waals surface area contributed by atoms with Crippen molar-refractivity contribution in [2.45, 2.75) is 52.5 Å². The number of aryl methyl sites for hydroxylation is 2. The lowest BCUT2D eigenvalue weighted by Gasteiger charge is -2.24. The minimum atomic E-state index is 0.660. The number of hydrogen-bond donors (Lipinski definition) is 1. The molecule has 0 bridgehead atoms. The van der Waals surface area contributed by atoms with E-state index in [1.807, 2.05) is 11.3 Å². The molecule has 3 rings (SSSR count). The predicted octanol–water partition coefficient (Wildman–Crippen LogP) is 3.33. The van der Waals surface area contributed by atoms with Crippen LogP contribution in [0.5, 0.6) is 0 Å². The van der Waals surface area contributed by atoms with E-state index in [1.54, 1.807) is 0 Å². The maximum absolute atomic E-state index is 4.71. The zero-order valence-electron chi connectivity index (χ0n) is 11.7. The van der Waals surface area contributed by atoms with Gasteiger partial charge in [-0.05, 0) is 57.4 Å². The summed E-state index contributed by atoms with van der Waals surface area (Å²) in [5, 5.41) is 5.04. The zero-order chi connectivity index (χ0) is 12.7. The molecule has 3 heteroatoms. The Labute approximate surface area is 114 Å². The maximum Gasteiger partial charge on any atom is 0.0946 e. The summed E-state index contributed by atoms with van der Waals surface area (Å²) in [7, 11) is 0. The fourth-order valence-corrected chi connectivity index (χ4v) is 4.56. The van der Waals surface area contributed by atoms with Crippen LogP contribution in [0, 0.1) is 31.6 Å². The second-order valence-corrected chi connectivity index (χ2v) is 7.39. The van der Waals surface area contributed by atoms with Crippen molar-refractivity contribution < 1.29 is 0 Å². The average Bonchev–Trinajstić information content (AvgIpc) is 2.80. The number of nitrogens with one attached hydrogen (secondary N) is 1. The highest BCUT2D eigenvalue weighted by molar-refractivity contribution is 7.11. The summed E-state index contributed by atoms with van der Waals surface area (Å²) < 4.78 is 0. The fraction of sp³-hybridized carbons (Fsp3) is 0.800. The molecule has 3 atom stereocenters. The molecule has 0 saturated heterocycles. The van der Waals surface area contributed by atoms with Crippen LogP contribution in [0.25, 0.3) is 0 Å². The Bertz CT molecular complexity index is 397. The molecule has 100 valence electrons. The standard InChI is InChI=1S/C15H24N2S/c1-4-16-14(13-6-11-5-12(11)7-13)8-15-17-9(2)10(3)18-15/h11-14,16H,4-8H2,1-3H3. The summed E-state index contributed by atoms with van der Waals surface area (Å²) >= 11 is 1.89. The number of likely N-dealkylation sites (N-methyl/N-ethyl adjacent to an activating group) is 1. The van der Waals surface area contributed by atoms with Crippen molar-refractivity contribution in [2.75, 3.05) is 6.54 Å². The molecule has 2 fully saturated rings. The van der Waals surface area contributed by atoms with E-state index in [0.29, 0.717) is 6.04 Å². The zero-order valence-corrected chi connectivity index (χ0v) is 12.5. The summed E-state index contributed by atoms with van der Waals surface area (Å²) in [5.41, 5.74) is 1.22. The van der Waals surface area contributed by atoms with E-state index in [4.69, 9.17) is 4.98 Å². The molecule has 2 nitrogen and oxygen atoms in total. The molecule has 0 aliphatic heterocycles. The highest BCUT2D eigenvalue weighted by Gasteiger charge is 2.47. The van der Waals surface area contributed by atoms with Crippen LogP contribution in [0.1, 0.15) is 41.8 Å². The molecule has 3 unspecified atom stereocenters. The maximum atomic E-state index is 4.71. The van der Waals surface area contributed by atoms with Gasteiger partial charge < -0.3 is 5.32 Å². The van der Waals surface area contributed by atoms with E-state index < -0.39 is 0 Å². The minimum Gasteiger partial charge on any atom is -0.314 e. The fourth-order valence-electron chi connectivity index (χ4n) is 3.57. The smallest absolute Gasteiger partial charge is 0.0946 e. The first-order chi connectivity index (χ1) is 8.67. The molecule has 2 aliphatic rings. The molecule has 2 saturated carbocycles. The molecule has 1 N–H and O–H groups in total. The van der Waals surface area contributed by atoms with Crippen LogP contribution < -0.4 is 5.32 Å². The van der Waals surface area contributed by atoms with E-state index in [0.717, 1.165) is 30.7 Å². The van der Waals surface area contributed by atoms with E-state index in [9.17, 15) is 0 Å². The molecule has 18 heavy (non-hydrogen) atoms. The van der Waals surface area contributed by atoms with E-state index in [-0.39, 0.29) is 0 Å². The van der Waals surface area contributed by atoms with Crippen molar-refractivity contribution in [3.05, 3.63) is 15.6 Å². The van der Waals surface area contributed by atoms with Gasteiger partial charge in [0.25, 0.3) is 0 Å². The van der Waals surface area contributed by atoms with E-state index >= 15 is 0 Å². The molecule has 1 aromatic heterocycles. The summed E-state index contributed by atoms with van der Waals surface area (Å²) in [6.07, 6.45) is 5.58. The van der Waals surface area contributed by atoms with Crippen LogP contribution in [0.3, 0.4) is 0 Å². The first-order valence-electron chi connectivity index (χ1n) is 7.33. The highest BCUT2D eigenvalue weighted by Crippen LogP contribution is 2.55. The largest absolute Gasteiger partial charge is 0.314 e. The predicted molar refractivity (Wildman–Crippen MR) is 77.1 cm³/mol. The minimum absolute atomic E-state index is 0.660. The Morgan fingerprint density at radius 1 is 1.28 bits per heavy atom. The first-order valence-corrected chi connectivity index (χ1v) is 8.15. The van der Waals surface area contributed by atoms with E-state index in [1.165, 1.54) is 34.8 Å². The van der Waals surface area contributed by atoms with Crippen LogP contribution >= 0.6 is 11.3 Å². The molecule has 0 amide bonds. The normalized spacial score (nSPS) is 31.4. The lowest BCUT2D eigenvalue weighted by Crippen LogP contribution is -2.37. The van der Waals surface area contributed by atoms with Crippen molar-refractivity contribution >= 4 is 11.3 Å². The lowest BCUT2D eigenvalue weighted by molar-refractivity contribution is 0.336. The van der Waals surface area contributed by atoms with Crippen molar-refractivity contribution in [3.63, 3.8) is 0 Å². The monoisotopic (exact) mass is 264 g/mol. The Morgan fingerprint density at radius 3 is 2.56 bits per heavy atom. The first kappa shape index (κ1) is 12.6. The van der Waals surface area contributed by atoms with Gasteiger partial charge in [-0.25, -0.2) is 4.98 Å². The van der Waals surface area contributed by atoms with Crippen LogP contribution in [-0.2, 0) is 6.42 Å². The van der Waals surface area contributed by atoms with Crippen molar-refractivity contribution in [3.8, 4) is 0 Å². The van der Waals surface area contributed by atoms with Gasteiger partial charge in [-0.1, -0.05) is 6.92 Å². The molecular weight excluding hydrogens is 240 g/mol. The van der Waals surface area contributed by atoms with Crippen LogP contribution in [-0.4, -0.2) is 17.6 Å². The van der Waals surface area contributed by atoms with Gasteiger partial charge in [-0.2, -0.15) is 0 Å². The number of fused-ring (bicyclic) bond motifs is 1. The number of thiazole rings is 1. The van der Waals surface area contributed by atoms with E-state index in [2.05, 4.69) is 26.1 Å². The van der Waals surface area contributed by atoms with Gasteiger partial charge in [0, 0.05) is 17.3 Å². The average molecular weight is 264 g/mol. The third kappa shape index (κ3) is 2.48. The Hall–Kier alpha value is -0.410. The van der Waals surface area contributed by atoms with Crippen LogP contribution in [0.15, 0.2) is 0 Å². The number of nitrogens with zero attached hydrogens (tertiary/aromatic N) is 1. The van der Waals surface area contributed by atoms with Crippen molar-refractivity contribution in [1.29, 1.82) is 0 Å². The highest BCUT2D eigenvalue weighted by atomic mass is 32.1. The van der Waals surface area contributed by atoms with Gasteiger partial charge in [-0.3, -0.25) is 0 Å². The molecule has 0 spiro atoms. The molecule has 0 aromatic carbocycles. The molecular formula is C15H24N2S. The van der Waals surface area contributed by atoms with Crippen LogP contribution in [0.4, 0.5) is 0 Å². The molecule has 1 aromatic rings. The van der Waals surface area contributed by atoms with Crippen molar-refractivity contribution in [2.24, 2.45) is 17.8 Å². The Morgan fingerprint density at radius 2 is 2.00 bits per heavy atom. The third-order valence-corrected chi connectivity index (χ3v) is 5.88. The summed E-state index contributed by atoms with van der Waals surface area (Å²) in [6, 6.07) is 0.660. The lowest BCUT2D eigenvalue weighted by atomic mass is 9.92. The SMILES string of the molecule is CCNC(Cc1nc(C)c(C)s1)C1CC2CC2C1. The second-order valence-electron chi connectivity index (χ2n) is 6.10. The number of aromatic nitrogens is 1. The van der Waals surface area contributed by atoms with Crippen LogP contribution in [0.2, 0.25) is 0 Å². The van der Waals surface area contributed by atoms with Crippen molar-refractivity contribution in [1.82, 2.24) is 10.3 Å². The van der Waals surface area contributed by atoms with Gasteiger partial charge in [0.2, 0.25) is 0 Å². The molecule has 0 radical (unpaired) electrons.